The molecule has 0 saturated heterocycles. The van der Waals surface area contributed by atoms with Gasteiger partial charge in [0.2, 0.25) is 0 Å². The van der Waals surface area contributed by atoms with Crippen LogP contribution in [0.4, 0.5) is 4.79 Å². The van der Waals surface area contributed by atoms with E-state index in [4.69, 9.17) is 11.5 Å². The lowest BCUT2D eigenvalue weighted by Crippen LogP contribution is -2.26. The van der Waals surface area contributed by atoms with Crippen LogP contribution in [0.15, 0.2) is 11.1 Å². The van der Waals surface area contributed by atoms with E-state index in [1.807, 2.05) is 0 Å². The minimum absolute atomic E-state index is 0.0516. The standard InChI is InChI=1S/C10H13NO4/c1-4-5-11-10(14)15-6-8(7(2)3)9(12)13/h1H,5-6H2,2-3H3,(H,11,14)(H,12,13). The van der Waals surface area contributed by atoms with Crippen molar-refractivity contribution in [3.05, 3.63) is 11.1 Å². The highest BCUT2D eigenvalue weighted by Gasteiger charge is 2.11. The van der Waals surface area contributed by atoms with Gasteiger partial charge in [0, 0.05) is 0 Å². The molecular weight excluding hydrogens is 198 g/mol. The number of hydrogen-bond donors (Lipinski definition) is 2. The summed E-state index contributed by atoms with van der Waals surface area (Å²) in [7, 11) is 0. The number of terminal acetylenes is 1. The first kappa shape index (κ1) is 13.0. The minimum atomic E-state index is -1.10. The lowest BCUT2D eigenvalue weighted by Gasteiger charge is -2.06. The highest BCUT2D eigenvalue weighted by atomic mass is 16.5. The Hall–Kier alpha value is -1.96. The summed E-state index contributed by atoms with van der Waals surface area (Å²) in [6.07, 6.45) is 4.18. The fraction of sp³-hybridized carbons (Fsp3) is 0.400. The molecule has 0 atom stereocenters. The summed E-state index contributed by atoms with van der Waals surface area (Å²) in [5.74, 6) is 1.09. The molecule has 5 heteroatoms. The number of nitrogens with one attached hydrogen (secondary N) is 1. The van der Waals surface area contributed by atoms with Crippen LogP contribution in [-0.2, 0) is 9.53 Å². The molecule has 0 spiro atoms. The van der Waals surface area contributed by atoms with Crippen molar-refractivity contribution in [2.45, 2.75) is 13.8 Å². The molecule has 0 aliphatic carbocycles. The lowest BCUT2D eigenvalue weighted by atomic mass is 10.2. The highest BCUT2D eigenvalue weighted by molar-refractivity contribution is 5.88. The van der Waals surface area contributed by atoms with E-state index in [-0.39, 0.29) is 18.7 Å². The topological polar surface area (TPSA) is 75.6 Å². The zero-order valence-corrected chi connectivity index (χ0v) is 8.66. The Morgan fingerprint density at radius 1 is 1.47 bits per heavy atom. The van der Waals surface area contributed by atoms with Gasteiger partial charge in [0.25, 0.3) is 0 Å². The number of carbonyl (C=O) groups excluding carboxylic acids is 1. The van der Waals surface area contributed by atoms with Crippen molar-refractivity contribution < 1.29 is 19.4 Å². The number of rotatable bonds is 4. The average molecular weight is 211 g/mol. The summed E-state index contributed by atoms with van der Waals surface area (Å²) in [5.41, 5.74) is 0.651. The predicted molar refractivity (Wildman–Crippen MR) is 54.2 cm³/mol. The van der Waals surface area contributed by atoms with Crippen LogP contribution in [0.5, 0.6) is 0 Å². The number of carboxylic acid groups (broad SMARTS) is 1. The third-order valence-electron chi connectivity index (χ3n) is 1.54. The Kier molecular flexibility index (Phi) is 5.64. The number of allylic oxidation sites excluding steroid dienone is 1. The Bertz CT molecular complexity index is 321. The molecule has 0 rings (SSSR count). The summed E-state index contributed by atoms with van der Waals surface area (Å²) in [4.78, 5) is 21.6. The van der Waals surface area contributed by atoms with E-state index >= 15 is 0 Å². The molecule has 82 valence electrons. The van der Waals surface area contributed by atoms with E-state index in [1.165, 1.54) is 0 Å². The molecule has 2 N–H and O–H groups in total. The molecule has 0 aliphatic rings. The summed E-state index contributed by atoms with van der Waals surface area (Å²) in [5, 5.41) is 11.0. The first-order valence-electron chi connectivity index (χ1n) is 4.22. The molecule has 0 aliphatic heterocycles. The van der Waals surface area contributed by atoms with Gasteiger partial charge in [-0.1, -0.05) is 11.5 Å². The summed E-state index contributed by atoms with van der Waals surface area (Å²) in [6.45, 7) is 3.04. The third kappa shape index (κ3) is 5.37. The van der Waals surface area contributed by atoms with Gasteiger partial charge in [0.15, 0.2) is 0 Å². The second kappa shape index (κ2) is 6.49. The number of alkyl carbamates (subject to hydrolysis) is 1. The second-order valence-corrected chi connectivity index (χ2v) is 2.92. The third-order valence-corrected chi connectivity index (χ3v) is 1.54. The number of hydrogen-bond acceptors (Lipinski definition) is 3. The van der Waals surface area contributed by atoms with E-state index in [1.54, 1.807) is 13.8 Å². The van der Waals surface area contributed by atoms with Crippen molar-refractivity contribution in [1.82, 2.24) is 5.32 Å². The van der Waals surface area contributed by atoms with Crippen LogP contribution in [-0.4, -0.2) is 30.3 Å². The highest BCUT2D eigenvalue weighted by Crippen LogP contribution is 2.03. The predicted octanol–water partition coefficient (Wildman–Crippen LogP) is 0.767. The van der Waals surface area contributed by atoms with Crippen molar-refractivity contribution in [3.8, 4) is 12.3 Å². The van der Waals surface area contributed by atoms with Crippen LogP contribution in [0.2, 0.25) is 0 Å². The molecule has 0 bridgehead atoms. The SMILES string of the molecule is C#CCNC(=O)OCC(C(=O)O)=C(C)C. The first-order chi connectivity index (χ1) is 6.99. The largest absolute Gasteiger partial charge is 0.478 e. The van der Waals surface area contributed by atoms with E-state index in [2.05, 4.69) is 16.0 Å². The molecule has 1 amide bonds. The van der Waals surface area contributed by atoms with Crippen molar-refractivity contribution >= 4 is 12.1 Å². The Morgan fingerprint density at radius 2 is 2.07 bits per heavy atom. The zero-order valence-electron chi connectivity index (χ0n) is 8.66. The van der Waals surface area contributed by atoms with Gasteiger partial charge in [0.05, 0.1) is 12.1 Å². The first-order valence-corrected chi connectivity index (χ1v) is 4.22. The van der Waals surface area contributed by atoms with Gasteiger partial charge >= 0.3 is 12.1 Å². The fourth-order valence-electron chi connectivity index (χ4n) is 0.732. The smallest absolute Gasteiger partial charge is 0.408 e. The maximum atomic E-state index is 10.9. The minimum Gasteiger partial charge on any atom is -0.478 e. The molecule has 15 heavy (non-hydrogen) atoms. The van der Waals surface area contributed by atoms with E-state index < -0.39 is 12.1 Å². The zero-order chi connectivity index (χ0) is 11.8. The Balaban J connectivity index is 4.15. The van der Waals surface area contributed by atoms with Gasteiger partial charge < -0.3 is 15.2 Å². The Labute approximate surface area is 88.1 Å². The number of aliphatic carboxylic acids is 1. The normalized spacial score (nSPS) is 8.60. The van der Waals surface area contributed by atoms with Crippen LogP contribution >= 0.6 is 0 Å². The maximum Gasteiger partial charge on any atom is 0.408 e. The number of carboxylic acids is 1. The van der Waals surface area contributed by atoms with Crippen molar-refractivity contribution in [2.24, 2.45) is 0 Å². The van der Waals surface area contributed by atoms with Gasteiger partial charge in [-0.2, -0.15) is 0 Å². The van der Waals surface area contributed by atoms with Crippen LogP contribution in [0, 0.1) is 12.3 Å². The maximum absolute atomic E-state index is 10.9. The van der Waals surface area contributed by atoms with E-state index in [9.17, 15) is 9.59 Å². The quantitative estimate of drug-likeness (QED) is 0.532. The average Bonchev–Trinajstić information content (AvgIpc) is 2.13. The molecule has 5 nitrogen and oxygen atoms in total. The fourth-order valence-corrected chi connectivity index (χ4v) is 0.732. The van der Waals surface area contributed by atoms with Crippen LogP contribution < -0.4 is 5.32 Å². The Morgan fingerprint density at radius 3 is 2.47 bits per heavy atom. The van der Waals surface area contributed by atoms with Crippen molar-refractivity contribution in [3.63, 3.8) is 0 Å². The summed E-state index contributed by atoms with van der Waals surface area (Å²) in [6, 6.07) is 0. The van der Waals surface area contributed by atoms with Gasteiger partial charge in [-0.25, -0.2) is 9.59 Å². The lowest BCUT2D eigenvalue weighted by molar-refractivity contribution is -0.133. The van der Waals surface area contributed by atoms with Crippen molar-refractivity contribution in [1.29, 1.82) is 0 Å². The molecular formula is C10H13NO4. The number of ether oxygens (including phenoxy) is 1. The molecule has 0 aromatic rings. The molecule has 0 aromatic carbocycles. The monoisotopic (exact) mass is 211 g/mol. The molecule has 0 fully saturated rings. The van der Waals surface area contributed by atoms with Crippen LogP contribution in [0.25, 0.3) is 0 Å². The molecule has 0 heterocycles. The summed E-state index contributed by atoms with van der Waals surface area (Å²) >= 11 is 0. The van der Waals surface area contributed by atoms with Gasteiger partial charge in [-0.05, 0) is 13.8 Å². The molecule has 0 unspecified atom stereocenters. The van der Waals surface area contributed by atoms with Crippen LogP contribution in [0.1, 0.15) is 13.8 Å². The van der Waals surface area contributed by atoms with E-state index in [0.717, 1.165) is 0 Å². The van der Waals surface area contributed by atoms with Gasteiger partial charge in [-0.15, -0.1) is 6.42 Å². The summed E-state index contributed by atoms with van der Waals surface area (Å²) < 4.78 is 4.64. The van der Waals surface area contributed by atoms with E-state index in [0.29, 0.717) is 5.57 Å². The number of amides is 1. The van der Waals surface area contributed by atoms with Gasteiger partial charge in [-0.3, -0.25) is 0 Å². The van der Waals surface area contributed by atoms with Crippen LogP contribution in [0.3, 0.4) is 0 Å². The molecule has 0 saturated carbocycles. The molecule has 0 aromatic heterocycles. The van der Waals surface area contributed by atoms with Crippen molar-refractivity contribution in [2.75, 3.05) is 13.2 Å². The number of carbonyl (C=O) groups is 2. The second-order valence-electron chi connectivity index (χ2n) is 2.92. The molecule has 0 radical (unpaired) electrons. The van der Waals surface area contributed by atoms with Gasteiger partial charge in [0.1, 0.15) is 6.61 Å².